The number of carbonyl (C=O) groups excluding carboxylic acids is 2. The molecule has 20 heavy (non-hydrogen) atoms. The topological polar surface area (TPSA) is 78.4 Å². The van der Waals surface area contributed by atoms with Gasteiger partial charge in [-0.15, -0.1) is 0 Å². The van der Waals surface area contributed by atoms with E-state index in [9.17, 15) is 14.7 Å². The molecule has 110 valence electrons. The zero-order valence-electron chi connectivity index (χ0n) is 12.1. The highest BCUT2D eigenvalue weighted by Crippen LogP contribution is 2.11. The van der Waals surface area contributed by atoms with E-state index < -0.39 is 6.10 Å². The lowest BCUT2D eigenvalue weighted by molar-refractivity contribution is -0.114. The van der Waals surface area contributed by atoms with E-state index in [1.54, 1.807) is 24.3 Å². The molecule has 0 aliphatic heterocycles. The van der Waals surface area contributed by atoms with Gasteiger partial charge < -0.3 is 15.7 Å². The summed E-state index contributed by atoms with van der Waals surface area (Å²) in [6, 6.07) is 6.68. The molecule has 0 saturated carbocycles. The Morgan fingerprint density at radius 1 is 1.35 bits per heavy atom. The maximum Gasteiger partial charge on any atom is 0.251 e. The van der Waals surface area contributed by atoms with Crippen LogP contribution in [0.15, 0.2) is 24.3 Å². The van der Waals surface area contributed by atoms with Crippen LogP contribution < -0.4 is 10.6 Å². The van der Waals surface area contributed by atoms with Gasteiger partial charge in [0.25, 0.3) is 5.91 Å². The zero-order chi connectivity index (χ0) is 15.1. The van der Waals surface area contributed by atoms with Gasteiger partial charge in [-0.1, -0.05) is 26.3 Å². The lowest BCUT2D eigenvalue weighted by Gasteiger charge is -2.17. The Bertz CT molecular complexity index is 474. The summed E-state index contributed by atoms with van der Waals surface area (Å²) in [5.41, 5.74) is 1.03. The largest absolute Gasteiger partial charge is 0.391 e. The maximum atomic E-state index is 12.0. The highest BCUT2D eigenvalue weighted by molar-refractivity contribution is 5.96. The number of aliphatic hydroxyl groups is 1. The number of rotatable bonds is 6. The van der Waals surface area contributed by atoms with Gasteiger partial charge in [0.15, 0.2) is 0 Å². The molecule has 2 amide bonds. The molecule has 0 aliphatic carbocycles. The molecular weight excluding hydrogens is 256 g/mol. The predicted octanol–water partition coefficient (Wildman–Crippen LogP) is 1.78. The summed E-state index contributed by atoms with van der Waals surface area (Å²) in [5, 5.41) is 15.1. The minimum absolute atomic E-state index is 0.140. The molecule has 1 rings (SSSR count). The lowest BCUT2D eigenvalue weighted by Crippen LogP contribution is -2.35. The van der Waals surface area contributed by atoms with Gasteiger partial charge in [-0.05, 0) is 24.1 Å². The van der Waals surface area contributed by atoms with Crippen LogP contribution in [-0.2, 0) is 4.79 Å². The average Bonchev–Trinajstić information content (AvgIpc) is 2.43. The fourth-order valence-corrected chi connectivity index (χ4v) is 1.71. The minimum atomic E-state index is -0.553. The van der Waals surface area contributed by atoms with E-state index in [2.05, 4.69) is 10.6 Å². The summed E-state index contributed by atoms with van der Waals surface area (Å²) in [6.45, 7) is 5.56. The minimum Gasteiger partial charge on any atom is -0.391 e. The van der Waals surface area contributed by atoms with Crippen molar-refractivity contribution in [3.05, 3.63) is 29.8 Å². The molecule has 1 aromatic carbocycles. The molecule has 0 aromatic heterocycles. The fraction of sp³-hybridized carbons (Fsp3) is 0.467. The molecule has 5 heteroatoms. The summed E-state index contributed by atoms with van der Waals surface area (Å²) in [6.07, 6.45) is 0.303. The summed E-state index contributed by atoms with van der Waals surface area (Å²) in [5.74, 6) is -0.310. The van der Waals surface area contributed by atoms with Crippen molar-refractivity contribution in [1.82, 2.24) is 5.32 Å². The summed E-state index contributed by atoms with van der Waals surface area (Å²) < 4.78 is 0. The van der Waals surface area contributed by atoms with Crippen molar-refractivity contribution in [2.45, 2.75) is 33.3 Å². The summed E-state index contributed by atoms with van der Waals surface area (Å²) in [7, 11) is 0. The number of carbonyl (C=O) groups is 2. The molecule has 0 bridgehead atoms. The molecule has 2 unspecified atom stereocenters. The van der Waals surface area contributed by atoms with Gasteiger partial charge in [0.1, 0.15) is 0 Å². The van der Waals surface area contributed by atoms with Crippen LogP contribution in [0.3, 0.4) is 0 Å². The van der Waals surface area contributed by atoms with Crippen LogP contribution in [-0.4, -0.2) is 29.6 Å². The van der Waals surface area contributed by atoms with Crippen molar-refractivity contribution in [1.29, 1.82) is 0 Å². The van der Waals surface area contributed by atoms with Crippen molar-refractivity contribution >= 4 is 17.5 Å². The number of anilines is 1. The number of hydrogen-bond acceptors (Lipinski definition) is 3. The SMILES string of the molecule is CCC(C)C(O)CNC(=O)c1cccc(NC(C)=O)c1. The van der Waals surface area contributed by atoms with Crippen LogP contribution in [0.4, 0.5) is 5.69 Å². The van der Waals surface area contributed by atoms with E-state index in [-0.39, 0.29) is 24.3 Å². The molecule has 0 fully saturated rings. The monoisotopic (exact) mass is 278 g/mol. The van der Waals surface area contributed by atoms with Gasteiger partial charge in [-0.3, -0.25) is 9.59 Å². The third-order valence-corrected chi connectivity index (χ3v) is 3.22. The van der Waals surface area contributed by atoms with Crippen molar-refractivity contribution in [3.63, 3.8) is 0 Å². The number of hydrogen-bond donors (Lipinski definition) is 3. The van der Waals surface area contributed by atoms with Crippen molar-refractivity contribution in [3.8, 4) is 0 Å². The third-order valence-electron chi connectivity index (χ3n) is 3.22. The van der Waals surface area contributed by atoms with Crippen LogP contribution in [0, 0.1) is 5.92 Å². The first kappa shape index (κ1) is 16.2. The van der Waals surface area contributed by atoms with Crippen LogP contribution >= 0.6 is 0 Å². The van der Waals surface area contributed by atoms with Crippen molar-refractivity contribution in [2.75, 3.05) is 11.9 Å². The molecule has 0 heterocycles. The van der Waals surface area contributed by atoms with Crippen LogP contribution in [0.1, 0.15) is 37.6 Å². The molecule has 5 nitrogen and oxygen atoms in total. The van der Waals surface area contributed by atoms with Gasteiger partial charge in [0.2, 0.25) is 5.91 Å². The molecule has 1 aromatic rings. The van der Waals surface area contributed by atoms with Crippen LogP contribution in [0.2, 0.25) is 0 Å². The second-order valence-electron chi connectivity index (χ2n) is 4.92. The number of nitrogens with one attached hydrogen (secondary N) is 2. The van der Waals surface area contributed by atoms with Gasteiger partial charge >= 0.3 is 0 Å². The zero-order valence-corrected chi connectivity index (χ0v) is 12.1. The van der Waals surface area contributed by atoms with Gasteiger partial charge in [-0.2, -0.15) is 0 Å². The Balaban J connectivity index is 2.61. The number of aliphatic hydroxyl groups excluding tert-OH is 1. The molecule has 2 atom stereocenters. The van der Waals surface area contributed by atoms with E-state index >= 15 is 0 Å². The highest BCUT2D eigenvalue weighted by Gasteiger charge is 2.14. The van der Waals surface area contributed by atoms with Gasteiger partial charge in [0, 0.05) is 24.7 Å². The molecule has 0 radical (unpaired) electrons. The second kappa shape index (κ2) is 7.65. The molecule has 3 N–H and O–H groups in total. The third kappa shape index (κ3) is 5.01. The normalized spacial score (nSPS) is 13.4. The Morgan fingerprint density at radius 2 is 2.05 bits per heavy atom. The first-order valence-electron chi connectivity index (χ1n) is 6.78. The smallest absolute Gasteiger partial charge is 0.251 e. The van der Waals surface area contributed by atoms with Gasteiger partial charge in [0.05, 0.1) is 6.10 Å². The lowest BCUT2D eigenvalue weighted by atomic mass is 10.0. The standard InChI is InChI=1S/C15H22N2O3/c1-4-10(2)14(19)9-16-15(20)12-6-5-7-13(8-12)17-11(3)18/h5-8,10,14,19H,4,9H2,1-3H3,(H,16,20)(H,17,18). The Morgan fingerprint density at radius 3 is 2.65 bits per heavy atom. The molecule has 0 saturated heterocycles. The van der Waals surface area contributed by atoms with Gasteiger partial charge in [-0.25, -0.2) is 0 Å². The summed E-state index contributed by atoms with van der Waals surface area (Å²) >= 11 is 0. The molecule has 0 aliphatic rings. The number of amides is 2. The van der Waals surface area contributed by atoms with E-state index in [1.165, 1.54) is 6.92 Å². The van der Waals surface area contributed by atoms with Crippen LogP contribution in [0.5, 0.6) is 0 Å². The van der Waals surface area contributed by atoms with E-state index in [0.717, 1.165) is 6.42 Å². The van der Waals surface area contributed by atoms with Crippen molar-refractivity contribution < 1.29 is 14.7 Å². The number of benzene rings is 1. The maximum absolute atomic E-state index is 12.0. The van der Waals surface area contributed by atoms with Crippen LogP contribution in [0.25, 0.3) is 0 Å². The molecule has 0 spiro atoms. The van der Waals surface area contributed by atoms with Crippen molar-refractivity contribution in [2.24, 2.45) is 5.92 Å². The fourth-order valence-electron chi connectivity index (χ4n) is 1.71. The Hall–Kier alpha value is -1.88. The average molecular weight is 278 g/mol. The highest BCUT2D eigenvalue weighted by atomic mass is 16.3. The molecular formula is C15H22N2O3. The van der Waals surface area contributed by atoms with E-state index in [4.69, 9.17) is 0 Å². The Kier molecular flexibility index (Phi) is 6.18. The first-order valence-corrected chi connectivity index (χ1v) is 6.78. The predicted molar refractivity (Wildman–Crippen MR) is 78.5 cm³/mol. The summed E-state index contributed by atoms with van der Waals surface area (Å²) in [4.78, 5) is 22.9. The van der Waals surface area contributed by atoms with E-state index in [0.29, 0.717) is 11.3 Å². The Labute approximate surface area is 119 Å². The quantitative estimate of drug-likeness (QED) is 0.742. The van der Waals surface area contributed by atoms with E-state index in [1.807, 2.05) is 13.8 Å². The second-order valence-corrected chi connectivity index (χ2v) is 4.92. The first-order chi connectivity index (χ1) is 9.43.